The van der Waals surface area contributed by atoms with E-state index in [1.807, 2.05) is 35.2 Å². The topological polar surface area (TPSA) is 72.7 Å². The maximum atomic E-state index is 13.3. The third-order valence-electron chi connectivity index (χ3n) is 4.38. The van der Waals surface area contributed by atoms with Gasteiger partial charge in [0.2, 0.25) is 5.91 Å². The number of fused-ring (bicyclic) bond motifs is 1. The van der Waals surface area contributed by atoms with Gasteiger partial charge < -0.3 is 9.88 Å². The van der Waals surface area contributed by atoms with Crippen LogP contribution in [0.4, 0.5) is 4.39 Å². The number of nitrogens with one attached hydrogen (secondary N) is 1. The molecule has 1 aromatic carbocycles. The SMILES string of the molecule is Cn1c(CCNC(=O)Cc2csc(-c3ccccn3)n2)nc2cc(F)ccc21. The molecule has 0 unspecified atom stereocenters. The van der Waals surface area contributed by atoms with Crippen LogP contribution in [0.3, 0.4) is 0 Å². The first-order chi connectivity index (χ1) is 13.6. The van der Waals surface area contributed by atoms with Crippen molar-refractivity contribution in [2.45, 2.75) is 12.8 Å². The first kappa shape index (κ1) is 18.2. The van der Waals surface area contributed by atoms with Crippen molar-refractivity contribution in [3.63, 3.8) is 0 Å². The summed E-state index contributed by atoms with van der Waals surface area (Å²) < 4.78 is 15.3. The van der Waals surface area contributed by atoms with Gasteiger partial charge in [-0.2, -0.15) is 0 Å². The highest BCUT2D eigenvalue weighted by Gasteiger charge is 2.11. The van der Waals surface area contributed by atoms with Gasteiger partial charge in [-0.25, -0.2) is 14.4 Å². The number of pyridine rings is 1. The molecule has 0 aliphatic rings. The van der Waals surface area contributed by atoms with Crippen molar-refractivity contribution in [2.24, 2.45) is 7.05 Å². The Morgan fingerprint density at radius 3 is 2.96 bits per heavy atom. The van der Waals surface area contributed by atoms with Crippen LogP contribution in [-0.4, -0.2) is 32.0 Å². The molecule has 0 atom stereocenters. The molecule has 0 aliphatic carbocycles. The number of rotatable bonds is 6. The second kappa shape index (κ2) is 7.85. The first-order valence-electron chi connectivity index (χ1n) is 8.83. The lowest BCUT2D eigenvalue weighted by Gasteiger charge is -2.05. The molecule has 1 amide bonds. The third-order valence-corrected chi connectivity index (χ3v) is 5.30. The molecule has 0 spiro atoms. The molecule has 1 N–H and O–H groups in total. The Bertz CT molecular complexity index is 1120. The second-order valence-corrected chi connectivity index (χ2v) is 7.21. The van der Waals surface area contributed by atoms with E-state index in [0.717, 1.165) is 27.7 Å². The van der Waals surface area contributed by atoms with Crippen molar-refractivity contribution < 1.29 is 9.18 Å². The predicted molar refractivity (Wildman–Crippen MR) is 106 cm³/mol. The summed E-state index contributed by atoms with van der Waals surface area (Å²) in [7, 11) is 1.89. The van der Waals surface area contributed by atoms with Gasteiger partial charge in [-0.15, -0.1) is 11.3 Å². The summed E-state index contributed by atoms with van der Waals surface area (Å²) in [6.07, 6.45) is 2.50. The highest BCUT2D eigenvalue weighted by Crippen LogP contribution is 2.21. The fourth-order valence-electron chi connectivity index (χ4n) is 2.98. The van der Waals surface area contributed by atoms with E-state index in [2.05, 4.69) is 20.3 Å². The van der Waals surface area contributed by atoms with Crippen LogP contribution in [0, 0.1) is 5.82 Å². The van der Waals surface area contributed by atoms with E-state index >= 15 is 0 Å². The first-order valence-corrected chi connectivity index (χ1v) is 9.71. The second-order valence-electron chi connectivity index (χ2n) is 6.36. The van der Waals surface area contributed by atoms with Gasteiger partial charge in [0.15, 0.2) is 0 Å². The summed E-state index contributed by atoms with van der Waals surface area (Å²) in [6, 6.07) is 10.2. The van der Waals surface area contributed by atoms with Crippen LogP contribution in [0.25, 0.3) is 21.7 Å². The van der Waals surface area contributed by atoms with Crippen molar-refractivity contribution in [1.29, 1.82) is 0 Å². The van der Waals surface area contributed by atoms with Crippen molar-refractivity contribution in [3.8, 4) is 10.7 Å². The smallest absolute Gasteiger partial charge is 0.226 e. The van der Waals surface area contributed by atoms with Gasteiger partial charge in [0.25, 0.3) is 0 Å². The van der Waals surface area contributed by atoms with E-state index in [1.54, 1.807) is 12.3 Å². The molecule has 8 heteroatoms. The highest BCUT2D eigenvalue weighted by molar-refractivity contribution is 7.13. The van der Waals surface area contributed by atoms with Crippen LogP contribution in [0.15, 0.2) is 48.0 Å². The Morgan fingerprint density at radius 1 is 1.25 bits per heavy atom. The number of thiazole rings is 1. The van der Waals surface area contributed by atoms with Crippen LogP contribution in [0.2, 0.25) is 0 Å². The summed E-state index contributed by atoms with van der Waals surface area (Å²) in [5.74, 6) is 0.397. The molecule has 4 rings (SSSR count). The molecule has 4 aromatic rings. The number of hydrogen-bond acceptors (Lipinski definition) is 5. The lowest BCUT2D eigenvalue weighted by molar-refractivity contribution is -0.120. The summed E-state index contributed by atoms with van der Waals surface area (Å²) >= 11 is 1.47. The molecule has 0 bridgehead atoms. The minimum atomic E-state index is -0.307. The van der Waals surface area contributed by atoms with Crippen molar-refractivity contribution >= 4 is 28.3 Å². The average Bonchev–Trinajstić information content (AvgIpc) is 3.27. The Kier molecular flexibility index (Phi) is 5.12. The van der Waals surface area contributed by atoms with Gasteiger partial charge in [-0.1, -0.05) is 6.07 Å². The monoisotopic (exact) mass is 395 g/mol. The Morgan fingerprint density at radius 2 is 2.14 bits per heavy atom. The number of nitrogens with zero attached hydrogens (tertiary/aromatic N) is 4. The predicted octanol–water partition coefficient (Wildman–Crippen LogP) is 3.13. The fraction of sp³-hybridized carbons (Fsp3) is 0.200. The highest BCUT2D eigenvalue weighted by atomic mass is 32.1. The number of aromatic nitrogens is 4. The van der Waals surface area contributed by atoms with Crippen LogP contribution < -0.4 is 5.32 Å². The number of carbonyl (C=O) groups excluding carboxylic acids is 1. The zero-order valence-corrected chi connectivity index (χ0v) is 16.0. The Balaban J connectivity index is 1.33. The van der Waals surface area contributed by atoms with Crippen LogP contribution in [0.5, 0.6) is 0 Å². The van der Waals surface area contributed by atoms with E-state index < -0.39 is 0 Å². The van der Waals surface area contributed by atoms with Gasteiger partial charge in [0, 0.05) is 37.7 Å². The summed E-state index contributed by atoms with van der Waals surface area (Å²) in [4.78, 5) is 25.4. The normalized spacial score (nSPS) is 11.1. The number of aryl methyl sites for hydroxylation is 1. The average molecular weight is 395 g/mol. The number of amides is 1. The molecule has 0 fully saturated rings. The van der Waals surface area contributed by atoms with Gasteiger partial charge in [0.05, 0.1) is 28.8 Å². The minimum Gasteiger partial charge on any atom is -0.355 e. The van der Waals surface area contributed by atoms with Gasteiger partial charge in [-0.3, -0.25) is 9.78 Å². The van der Waals surface area contributed by atoms with Crippen molar-refractivity contribution in [3.05, 3.63) is 65.3 Å². The molecule has 0 aliphatic heterocycles. The number of carbonyl (C=O) groups is 1. The Hall–Kier alpha value is -3.13. The number of imidazole rings is 1. The minimum absolute atomic E-state index is 0.0947. The molecule has 0 saturated carbocycles. The molecule has 0 saturated heterocycles. The maximum absolute atomic E-state index is 13.3. The van der Waals surface area contributed by atoms with Crippen LogP contribution >= 0.6 is 11.3 Å². The maximum Gasteiger partial charge on any atom is 0.226 e. The fourth-order valence-corrected chi connectivity index (χ4v) is 3.78. The van der Waals surface area contributed by atoms with Gasteiger partial charge in [-0.05, 0) is 24.3 Å². The van der Waals surface area contributed by atoms with Gasteiger partial charge in [0.1, 0.15) is 16.6 Å². The molecule has 28 heavy (non-hydrogen) atoms. The number of halogens is 1. The zero-order valence-electron chi connectivity index (χ0n) is 15.2. The molecular formula is C20H18FN5OS. The third kappa shape index (κ3) is 3.91. The van der Waals surface area contributed by atoms with Crippen LogP contribution in [-0.2, 0) is 24.7 Å². The summed E-state index contributed by atoms with van der Waals surface area (Å²) in [5, 5.41) is 5.57. The molecule has 0 radical (unpaired) electrons. The van der Waals surface area contributed by atoms with Crippen LogP contribution in [0.1, 0.15) is 11.5 Å². The van der Waals surface area contributed by atoms with E-state index in [1.165, 1.54) is 23.5 Å². The Labute approximate surface area is 165 Å². The number of hydrogen-bond donors (Lipinski definition) is 1. The van der Waals surface area contributed by atoms with Crippen molar-refractivity contribution in [2.75, 3.05) is 6.54 Å². The zero-order chi connectivity index (χ0) is 19.5. The lowest BCUT2D eigenvalue weighted by Crippen LogP contribution is -2.27. The lowest BCUT2D eigenvalue weighted by atomic mass is 10.3. The molecule has 142 valence electrons. The quantitative estimate of drug-likeness (QED) is 0.544. The molecular weight excluding hydrogens is 377 g/mol. The van der Waals surface area contributed by atoms with Crippen molar-refractivity contribution in [1.82, 2.24) is 24.8 Å². The van der Waals surface area contributed by atoms with E-state index in [9.17, 15) is 9.18 Å². The standard InChI is InChI=1S/C20H18FN5OS/c1-26-17-6-5-13(21)10-16(17)25-18(26)7-9-23-19(27)11-14-12-28-20(24-14)15-4-2-3-8-22-15/h2-6,8,10,12H,7,9,11H2,1H3,(H,23,27). The van der Waals surface area contributed by atoms with Gasteiger partial charge >= 0.3 is 0 Å². The molecule has 6 nitrogen and oxygen atoms in total. The van der Waals surface area contributed by atoms with E-state index in [4.69, 9.17) is 0 Å². The summed E-state index contributed by atoms with van der Waals surface area (Å²) in [5.41, 5.74) is 3.01. The van der Waals surface area contributed by atoms with E-state index in [-0.39, 0.29) is 18.1 Å². The number of benzene rings is 1. The molecule has 3 aromatic heterocycles. The summed E-state index contributed by atoms with van der Waals surface area (Å²) in [6.45, 7) is 0.454. The molecule has 3 heterocycles. The largest absolute Gasteiger partial charge is 0.355 e. The van der Waals surface area contributed by atoms with E-state index in [0.29, 0.717) is 18.5 Å².